The van der Waals surface area contributed by atoms with Crippen LogP contribution in [0.15, 0.2) is 36.5 Å². The van der Waals surface area contributed by atoms with Crippen molar-refractivity contribution < 1.29 is 13.9 Å². The van der Waals surface area contributed by atoms with Crippen LogP contribution in [0.3, 0.4) is 0 Å². The van der Waals surface area contributed by atoms with Crippen molar-refractivity contribution in [3.05, 3.63) is 59.3 Å². The number of hydrogen-bond acceptors (Lipinski definition) is 7. The lowest BCUT2D eigenvalue weighted by Crippen LogP contribution is -2.61. The highest BCUT2D eigenvalue weighted by molar-refractivity contribution is 5.78. The van der Waals surface area contributed by atoms with Crippen LogP contribution in [0.25, 0.3) is 11.0 Å². The van der Waals surface area contributed by atoms with E-state index in [-0.39, 0.29) is 17.0 Å². The third-order valence-electron chi connectivity index (χ3n) is 7.12. The molecule has 1 saturated carbocycles. The van der Waals surface area contributed by atoms with Gasteiger partial charge in [0.15, 0.2) is 0 Å². The number of halogens is 1. The SMILES string of the molecule is COc1ccc2ncc(F)c(CCC34CCC(NCc5cccc(C#N)n5)(CC3)CO4)c2n1. The highest BCUT2D eigenvalue weighted by Gasteiger charge is 2.49. The average Bonchev–Trinajstić information content (AvgIpc) is 2.88. The molecule has 3 aliphatic rings. The first-order valence-corrected chi connectivity index (χ1v) is 11.3. The fourth-order valence-electron chi connectivity index (χ4n) is 5.01. The molecule has 1 aliphatic carbocycles. The Balaban J connectivity index is 1.25. The van der Waals surface area contributed by atoms with Crippen LogP contribution < -0.4 is 10.1 Å². The van der Waals surface area contributed by atoms with Gasteiger partial charge in [-0.05, 0) is 56.7 Å². The van der Waals surface area contributed by atoms with Crippen molar-refractivity contribution in [1.29, 1.82) is 5.26 Å². The van der Waals surface area contributed by atoms with Crippen LogP contribution in [-0.4, -0.2) is 39.8 Å². The predicted molar refractivity (Wildman–Crippen MR) is 120 cm³/mol. The summed E-state index contributed by atoms with van der Waals surface area (Å²) in [5.41, 5.74) is 2.77. The van der Waals surface area contributed by atoms with Gasteiger partial charge in [-0.1, -0.05) is 6.07 Å². The molecule has 3 aromatic heterocycles. The van der Waals surface area contributed by atoms with Crippen molar-refractivity contribution in [3.8, 4) is 11.9 Å². The molecular formula is C25H26FN5O2. The Bertz CT molecular complexity index is 1200. The Morgan fingerprint density at radius 3 is 2.76 bits per heavy atom. The zero-order valence-corrected chi connectivity index (χ0v) is 18.6. The molecule has 7 nitrogen and oxygen atoms in total. The van der Waals surface area contributed by atoms with Crippen LogP contribution in [0.5, 0.6) is 5.88 Å². The minimum absolute atomic E-state index is 0.0738. The summed E-state index contributed by atoms with van der Waals surface area (Å²) in [6.07, 6.45) is 6.39. The van der Waals surface area contributed by atoms with Crippen molar-refractivity contribution in [1.82, 2.24) is 20.3 Å². The van der Waals surface area contributed by atoms with Gasteiger partial charge in [-0.25, -0.2) is 14.4 Å². The number of nitriles is 1. The van der Waals surface area contributed by atoms with Gasteiger partial charge in [-0.3, -0.25) is 4.98 Å². The lowest BCUT2D eigenvalue weighted by Gasteiger charge is -2.53. The molecule has 2 bridgehead atoms. The maximum absolute atomic E-state index is 14.7. The molecular weight excluding hydrogens is 421 g/mol. The van der Waals surface area contributed by atoms with E-state index in [1.165, 1.54) is 6.20 Å². The molecule has 2 aliphatic heterocycles. The van der Waals surface area contributed by atoms with E-state index in [1.54, 1.807) is 25.3 Å². The number of aryl methyl sites for hydroxylation is 1. The number of methoxy groups -OCH3 is 1. The predicted octanol–water partition coefficient (Wildman–Crippen LogP) is 3.85. The normalized spacial score (nSPS) is 24.0. The van der Waals surface area contributed by atoms with E-state index in [2.05, 4.69) is 26.3 Å². The molecule has 5 heterocycles. The number of aromatic nitrogens is 3. The Hall–Kier alpha value is -3.15. The Morgan fingerprint density at radius 2 is 2.03 bits per heavy atom. The van der Waals surface area contributed by atoms with Gasteiger partial charge in [-0.2, -0.15) is 5.26 Å². The first kappa shape index (κ1) is 21.7. The van der Waals surface area contributed by atoms with E-state index in [9.17, 15) is 4.39 Å². The van der Waals surface area contributed by atoms with Gasteiger partial charge in [0.2, 0.25) is 5.88 Å². The van der Waals surface area contributed by atoms with Crippen LogP contribution in [-0.2, 0) is 17.7 Å². The lowest BCUT2D eigenvalue weighted by molar-refractivity contribution is -0.165. The number of ether oxygens (including phenoxy) is 2. The van der Waals surface area contributed by atoms with Gasteiger partial charge >= 0.3 is 0 Å². The van der Waals surface area contributed by atoms with Crippen molar-refractivity contribution in [2.75, 3.05) is 13.7 Å². The Kier molecular flexibility index (Phi) is 5.69. The number of nitrogens with one attached hydrogen (secondary N) is 1. The van der Waals surface area contributed by atoms with E-state index in [4.69, 9.17) is 14.7 Å². The van der Waals surface area contributed by atoms with E-state index in [0.717, 1.165) is 37.8 Å². The van der Waals surface area contributed by atoms with Crippen molar-refractivity contribution in [2.45, 2.75) is 56.2 Å². The summed E-state index contributed by atoms with van der Waals surface area (Å²) < 4.78 is 26.3. The van der Waals surface area contributed by atoms with Gasteiger partial charge in [0.25, 0.3) is 0 Å². The molecule has 33 heavy (non-hydrogen) atoms. The second-order valence-corrected chi connectivity index (χ2v) is 9.04. The molecule has 0 atom stereocenters. The molecule has 3 aromatic rings. The maximum atomic E-state index is 14.7. The fraction of sp³-hybridized carbons (Fsp3) is 0.440. The number of nitrogens with zero attached hydrogens (tertiary/aromatic N) is 4. The zero-order chi connectivity index (χ0) is 22.9. The Labute approximate surface area is 192 Å². The minimum Gasteiger partial charge on any atom is -0.481 e. The standard InChI is InChI=1S/C25H26FN5O2/c1-32-22-6-5-21-23(31-22)19(20(26)15-28-21)7-8-25-11-9-24(10-12-25,16-33-25)29-14-18-4-2-3-17(13-27)30-18/h2-6,15,29H,7-12,14,16H2,1H3. The first-order chi connectivity index (χ1) is 16.0. The molecule has 0 amide bonds. The van der Waals surface area contributed by atoms with Gasteiger partial charge in [-0.15, -0.1) is 0 Å². The number of hydrogen-bond donors (Lipinski definition) is 1. The molecule has 0 unspecified atom stereocenters. The van der Waals surface area contributed by atoms with Crippen molar-refractivity contribution in [3.63, 3.8) is 0 Å². The minimum atomic E-state index is -0.339. The van der Waals surface area contributed by atoms with Gasteiger partial charge in [0.1, 0.15) is 17.6 Å². The number of fused-ring (bicyclic) bond motifs is 4. The van der Waals surface area contributed by atoms with E-state index in [1.807, 2.05) is 12.1 Å². The molecule has 6 rings (SSSR count). The first-order valence-electron chi connectivity index (χ1n) is 11.3. The van der Waals surface area contributed by atoms with Crippen molar-refractivity contribution >= 4 is 11.0 Å². The number of pyridine rings is 3. The van der Waals surface area contributed by atoms with E-state index < -0.39 is 0 Å². The lowest BCUT2D eigenvalue weighted by atomic mass is 9.69. The summed E-state index contributed by atoms with van der Waals surface area (Å²) in [7, 11) is 1.55. The number of rotatable bonds is 7. The quantitative estimate of drug-likeness (QED) is 0.588. The summed E-state index contributed by atoms with van der Waals surface area (Å²) in [5, 5.41) is 12.7. The highest BCUT2D eigenvalue weighted by atomic mass is 19.1. The van der Waals surface area contributed by atoms with Crippen molar-refractivity contribution in [2.24, 2.45) is 0 Å². The molecule has 3 fully saturated rings. The molecule has 0 aromatic carbocycles. The third-order valence-corrected chi connectivity index (χ3v) is 7.12. The van der Waals surface area contributed by atoms with Gasteiger partial charge < -0.3 is 14.8 Å². The summed E-state index contributed by atoms with van der Waals surface area (Å²) in [6, 6.07) is 11.1. The molecule has 0 spiro atoms. The van der Waals surface area contributed by atoms with Crippen LogP contribution in [0.2, 0.25) is 0 Å². The van der Waals surface area contributed by atoms with Gasteiger partial charge in [0.05, 0.1) is 42.2 Å². The summed E-state index contributed by atoms with van der Waals surface area (Å²) in [5.74, 6) is 0.112. The monoisotopic (exact) mass is 447 g/mol. The largest absolute Gasteiger partial charge is 0.481 e. The highest BCUT2D eigenvalue weighted by Crippen LogP contribution is 2.46. The summed E-state index contributed by atoms with van der Waals surface area (Å²) >= 11 is 0. The van der Waals surface area contributed by atoms with Gasteiger partial charge in [0, 0.05) is 23.7 Å². The second-order valence-electron chi connectivity index (χ2n) is 9.04. The fourth-order valence-corrected chi connectivity index (χ4v) is 5.01. The van der Waals surface area contributed by atoms with Crippen LogP contribution in [0.1, 0.15) is 49.1 Å². The molecule has 0 radical (unpaired) electrons. The maximum Gasteiger partial charge on any atom is 0.213 e. The molecule has 8 heteroatoms. The molecule has 170 valence electrons. The second kappa shape index (κ2) is 8.65. The zero-order valence-electron chi connectivity index (χ0n) is 18.6. The topological polar surface area (TPSA) is 93.0 Å². The molecule has 1 N–H and O–H groups in total. The van der Waals surface area contributed by atoms with Crippen LogP contribution in [0, 0.1) is 17.1 Å². The van der Waals surface area contributed by atoms with Crippen LogP contribution >= 0.6 is 0 Å². The van der Waals surface area contributed by atoms with Crippen LogP contribution in [0.4, 0.5) is 4.39 Å². The average molecular weight is 448 g/mol. The summed E-state index contributed by atoms with van der Waals surface area (Å²) in [6.45, 7) is 1.23. The third kappa shape index (κ3) is 4.26. The molecule has 2 saturated heterocycles. The summed E-state index contributed by atoms with van der Waals surface area (Å²) in [4.78, 5) is 13.0. The Morgan fingerprint density at radius 1 is 1.18 bits per heavy atom. The smallest absolute Gasteiger partial charge is 0.213 e. The van der Waals surface area contributed by atoms with E-state index >= 15 is 0 Å². The van der Waals surface area contributed by atoms with E-state index in [0.29, 0.717) is 47.7 Å².